The summed E-state index contributed by atoms with van der Waals surface area (Å²) in [5.41, 5.74) is 1.04. The van der Waals surface area contributed by atoms with Gasteiger partial charge < -0.3 is 4.90 Å². The molecule has 0 saturated carbocycles. The average molecular weight is 243 g/mol. The summed E-state index contributed by atoms with van der Waals surface area (Å²) in [4.78, 5) is 6.52. The van der Waals surface area contributed by atoms with Crippen molar-refractivity contribution >= 4 is 0 Å². The van der Waals surface area contributed by atoms with Crippen LogP contribution in [0.3, 0.4) is 0 Å². The average Bonchev–Trinajstić information content (AvgIpc) is 2.90. The zero-order chi connectivity index (χ0) is 12.4. The Hall–Kier alpha value is -1.75. The molecule has 0 unspecified atom stereocenters. The van der Waals surface area contributed by atoms with E-state index in [1.165, 1.54) is 0 Å². The first-order valence-electron chi connectivity index (χ1n) is 6.33. The second-order valence-electron chi connectivity index (χ2n) is 4.85. The molecule has 0 atom stereocenters. The number of rotatable bonds is 2. The van der Waals surface area contributed by atoms with Gasteiger partial charge in [-0.25, -0.2) is 0 Å². The third kappa shape index (κ3) is 2.13. The fraction of sp³-hybridized carbons (Fsp3) is 0.462. The van der Waals surface area contributed by atoms with Crippen molar-refractivity contribution in [3.05, 3.63) is 36.7 Å². The van der Waals surface area contributed by atoms with Gasteiger partial charge in [0.15, 0.2) is 0 Å². The predicted octanol–water partition coefficient (Wildman–Crippen LogP) is 1.47. The van der Waals surface area contributed by atoms with Crippen molar-refractivity contribution in [2.75, 3.05) is 20.1 Å². The molecule has 1 saturated heterocycles. The molecule has 5 nitrogen and oxygen atoms in total. The Labute approximate surface area is 106 Å². The summed E-state index contributed by atoms with van der Waals surface area (Å²) in [5, 5.41) is 8.37. The van der Waals surface area contributed by atoms with Crippen LogP contribution in [0.1, 0.15) is 24.6 Å². The summed E-state index contributed by atoms with van der Waals surface area (Å²) in [5.74, 6) is 1.57. The van der Waals surface area contributed by atoms with Gasteiger partial charge in [0.25, 0.3) is 0 Å². The number of nitrogens with zero attached hydrogens (tertiary/aromatic N) is 5. The van der Waals surface area contributed by atoms with E-state index in [1.54, 1.807) is 12.5 Å². The number of piperidine rings is 1. The third-order valence-electron chi connectivity index (χ3n) is 3.58. The zero-order valence-electron chi connectivity index (χ0n) is 10.5. The van der Waals surface area contributed by atoms with Crippen LogP contribution in [-0.2, 0) is 0 Å². The van der Waals surface area contributed by atoms with Gasteiger partial charge in [-0.05, 0) is 45.1 Å². The molecule has 1 aliphatic rings. The minimum Gasteiger partial charge on any atom is -0.306 e. The molecular weight excluding hydrogens is 226 g/mol. The summed E-state index contributed by atoms with van der Waals surface area (Å²) in [7, 11) is 2.17. The summed E-state index contributed by atoms with van der Waals surface area (Å²) >= 11 is 0. The monoisotopic (exact) mass is 243 g/mol. The molecule has 5 heteroatoms. The molecule has 0 bridgehead atoms. The van der Waals surface area contributed by atoms with Gasteiger partial charge in [0.05, 0.1) is 11.9 Å². The highest BCUT2D eigenvalue weighted by Gasteiger charge is 2.23. The second-order valence-corrected chi connectivity index (χ2v) is 4.85. The van der Waals surface area contributed by atoms with E-state index in [4.69, 9.17) is 0 Å². The van der Waals surface area contributed by atoms with Crippen LogP contribution in [0.25, 0.3) is 5.69 Å². The van der Waals surface area contributed by atoms with Crippen molar-refractivity contribution < 1.29 is 0 Å². The molecule has 0 aliphatic carbocycles. The SMILES string of the molecule is CN1CCC(c2nncn2-c2cccnc2)CC1. The smallest absolute Gasteiger partial charge is 0.140 e. The van der Waals surface area contributed by atoms with Crippen molar-refractivity contribution in [3.8, 4) is 5.69 Å². The summed E-state index contributed by atoms with van der Waals surface area (Å²) < 4.78 is 2.06. The van der Waals surface area contributed by atoms with Crippen molar-refractivity contribution in [1.82, 2.24) is 24.6 Å². The summed E-state index contributed by atoms with van der Waals surface area (Å²) in [6, 6.07) is 3.97. The maximum atomic E-state index is 4.31. The molecule has 2 aromatic rings. The fourth-order valence-electron chi connectivity index (χ4n) is 2.48. The Morgan fingerprint density at radius 2 is 2.11 bits per heavy atom. The standard InChI is InChI=1S/C13H17N5/c1-17-7-4-11(5-8-17)13-16-15-10-18(13)12-3-2-6-14-9-12/h2-3,6,9-11H,4-5,7-8H2,1H3. The first-order valence-corrected chi connectivity index (χ1v) is 6.33. The van der Waals surface area contributed by atoms with Crippen LogP contribution in [0, 0.1) is 0 Å². The van der Waals surface area contributed by atoms with Crippen LogP contribution in [0.2, 0.25) is 0 Å². The molecule has 0 amide bonds. The number of hydrogen-bond donors (Lipinski definition) is 0. The van der Waals surface area contributed by atoms with E-state index in [-0.39, 0.29) is 0 Å². The Morgan fingerprint density at radius 1 is 1.28 bits per heavy atom. The normalized spacial score (nSPS) is 18.1. The van der Waals surface area contributed by atoms with E-state index in [9.17, 15) is 0 Å². The van der Waals surface area contributed by atoms with Gasteiger partial charge in [0, 0.05) is 12.1 Å². The number of pyridine rings is 1. The first-order chi connectivity index (χ1) is 8.84. The van der Waals surface area contributed by atoms with Crippen LogP contribution in [0.4, 0.5) is 0 Å². The molecule has 3 rings (SSSR count). The molecule has 18 heavy (non-hydrogen) atoms. The quantitative estimate of drug-likeness (QED) is 0.801. The minimum absolute atomic E-state index is 0.504. The largest absolute Gasteiger partial charge is 0.306 e. The third-order valence-corrected chi connectivity index (χ3v) is 3.58. The Balaban J connectivity index is 1.88. The van der Waals surface area contributed by atoms with Crippen molar-refractivity contribution in [2.24, 2.45) is 0 Å². The van der Waals surface area contributed by atoms with E-state index in [0.29, 0.717) is 5.92 Å². The van der Waals surface area contributed by atoms with Gasteiger partial charge in [-0.2, -0.15) is 0 Å². The molecule has 0 aromatic carbocycles. The number of hydrogen-bond acceptors (Lipinski definition) is 4. The molecule has 94 valence electrons. The molecule has 1 aliphatic heterocycles. The Morgan fingerprint density at radius 3 is 2.83 bits per heavy atom. The van der Waals surface area contributed by atoms with Crippen LogP contribution in [-0.4, -0.2) is 44.8 Å². The zero-order valence-corrected chi connectivity index (χ0v) is 10.5. The highest BCUT2D eigenvalue weighted by molar-refractivity contribution is 5.29. The van der Waals surface area contributed by atoms with Gasteiger partial charge in [-0.1, -0.05) is 0 Å². The topological polar surface area (TPSA) is 46.8 Å². The minimum atomic E-state index is 0.504. The Kier molecular flexibility index (Phi) is 3.06. The van der Waals surface area contributed by atoms with Crippen LogP contribution >= 0.6 is 0 Å². The highest BCUT2D eigenvalue weighted by atomic mass is 15.3. The Bertz CT molecular complexity index is 499. The number of likely N-dealkylation sites (tertiary alicyclic amines) is 1. The van der Waals surface area contributed by atoms with E-state index >= 15 is 0 Å². The molecule has 0 N–H and O–H groups in total. The lowest BCUT2D eigenvalue weighted by Crippen LogP contribution is -2.30. The fourth-order valence-corrected chi connectivity index (χ4v) is 2.48. The van der Waals surface area contributed by atoms with Crippen molar-refractivity contribution in [3.63, 3.8) is 0 Å². The van der Waals surface area contributed by atoms with Crippen LogP contribution < -0.4 is 0 Å². The van der Waals surface area contributed by atoms with Gasteiger partial charge in [-0.3, -0.25) is 9.55 Å². The molecular formula is C13H17N5. The molecule has 3 heterocycles. The molecule has 2 aromatic heterocycles. The summed E-state index contributed by atoms with van der Waals surface area (Å²) in [6.45, 7) is 2.26. The van der Waals surface area contributed by atoms with Gasteiger partial charge in [0.1, 0.15) is 12.2 Å². The van der Waals surface area contributed by atoms with Crippen LogP contribution in [0.5, 0.6) is 0 Å². The lowest BCUT2D eigenvalue weighted by Gasteiger charge is -2.28. The number of aromatic nitrogens is 4. The lowest BCUT2D eigenvalue weighted by molar-refractivity contribution is 0.250. The van der Waals surface area contributed by atoms with Gasteiger partial charge >= 0.3 is 0 Å². The van der Waals surface area contributed by atoms with Crippen molar-refractivity contribution in [1.29, 1.82) is 0 Å². The lowest BCUT2D eigenvalue weighted by atomic mass is 9.96. The molecule has 0 radical (unpaired) electrons. The van der Waals surface area contributed by atoms with E-state index in [1.807, 2.05) is 18.3 Å². The molecule has 0 spiro atoms. The van der Waals surface area contributed by atoms with E-state index in [2.05, 4.69) is 31.7 Å². The van der Waals surface area contributed by atoms with Crippen LogP contribution in [0.15, 0.2) is 30.9 Å². The van der Waals surface area contributed by atoms with E-state index < -0.39 is 0 Å². The second kappa shape index (κ2) is 4.86. The highest BCUT2D eigenvalue weighted by Crippen LogP contribution is 2.27. The van der Waals surface area contributed by atoms with Crippen molar-refractivity contribution in [2.45, 2.75) is 18.8 Å². The summed E-state index contributed by atoms with van der Waals surface area (Å²) in [6.07, 6.45) is 7.71. The first kappa shape index (κ1) is 11.3. The van der Waals surface area contributed by atoms with Gasteiger partial charge in [-0.15, -0.1) is 10.2 Å². The maximum absolute atomic E-state index is 4.31. The maximum Gasteiger partial charge on any atom is 0.140 e. The predicted molar refractivity (Wildman–Crippen MR) is 68.6 cm³/mol. The van der Waals surface area contributed by atoms with E-state index in [0.717, 1.165) is 37.4 Å². The van der Waals surface area contributed by atoms with Gasteiger partial charge in [0.2, 0.25) is 0 Å². The molecule has 1 fully saturated rings.